The van der Waals surface area contributed by atoms with Gasteiger partial charge in [-0.3, -0.25) is 9.69 Å². The fourth-order valence-corrected chi connectivity index (χ4v) is 1.58. The van der Waals surface area contributed by atoms with E-state index in [1.165, 1.54) is 0 Å². The fourth-order valence-electron chi connectivity index (χ4n) is 1.58. The van der Waals surface area contributed by atoms with E-state index in [9.17, 15) is 4.79 Å². The molecule has 3 nitrogen and oxygen atoms in total. The van der Waals surface area contributed by atoms with Crippen LogP contribution in [0.3, 0.4) is 0 Å². The highest BCUT2D eigenvalue weighted by Crippen LogP contribution is 2.25. The average Bonchev–Trinajstić information content (AvgIpc) is 1.94. The highest BCUT2D eigenvalue weighted by molar-refractivity contribution is 5.80. The lowest BCUT2D eigenvalue weighted by Gasteiger charge is -2.46. The Kier molecular flexibility index (Phi) is 3.53. The van der Waals surface area contributed by atoms with Crippen molar-refractivity contribution in [2.75, 3.05) is 19.6 Å². The summed E-state index contributed by atoms with van der Waals surface area (Å²) in [4.78, 5) is 13.9. The molecule has 1 amide bonds. The van der Waals surface area contributed by atoms with Crippen LogP contribution in [0.5, 0.6) is 0 Å². The van der Waals surface area contributed by atoms with Gasteiger partial charge in [0.2, 0.25) is 5.91 Å². The molecule has 0 bridgehead atoms. The minimum atomic E-state index is 0.210. The van der Waals surface area contributed by atoms with E-state index in [0.29, 0.717) is 0 Å². The van der Waals surface area contributed by atoms with Crippen molar-refractivity contribution in [2.45, 2.75) is 39.7 Å². The molecule has 0 aromatic carbocycles. The van der Waals surface area contributed by atoms with Crippen LogP contribution in [0.25, 0.3) is 0 Å². The van der Waals surface area contributed by atoms with Gasteiger partial charge >= 0.3 is 0 Å². The van der Waals surface area contributed by atoms with Crippen molar-refractivity contribution in [3.05, 3.63) is 0 Å². The minimum Gasteiger partial charge on any atom is -0.356 e. The van der Waals surface area contributed by atoms with Gasteiger partial charge in [-0.2, -0.15) is 0 Å². The van der Waals surface area contributed by atoms with Crippen molar-refractivity contribution in [1.29, 1.82) is 0 Å². The van der Waals surface area contributed by atoms with E-state index in [1.807, 2.05) is 0 Å². The molecule has 0 radical (unpaired) electrons. The maximum Gasteiger partial charge on any atom is 0.225 e. The highest BCUT2D eigenvalue weighted by atomic mass is 16.2. The summed E-state index contributed by atoms with van der Waals surface area (Å²) in [5, 5.41) is 2.94. The van der Waals surface area contributed by atoms with Crippen LogP contribution in [0.1, 0.15) is 34.1 Å². The number of carbonyl (C=O) groups excluding carboxylic acids is 1. The van der Waals surface area contributed by atoms with E-state index in [2.05, 4.69) is 37.9 Å². The van der Waals surface area contributed by atoms with Gasteiger partial charge < -0.3 is 5.32 Å². The summed E-state index contributed by atoms with van der Waals surface area (Å²) in [6.07, 6.45) is 1.02. The minimum absolute atomic E-state index is 0.210. The van der Waals surface area contributed by atoms with Gasteiger partial charge in [0.05, 0.1) is 5.92 Å². The summed E-state index contributed by atoms with van der Waals surface area (Å²) in [6.45, 7) is 11.3. The predicted molar refractivity (Wildman–Crippen MR) is 58.1 cm³/mol. The van der Waals surface area contributed by atoms with E-state index in [0.717, 1.165) is 26.1 Å². The number of nitrogens with zero attached hydrogens (tertiary/aromatic N) is 1. The molecule has 1 N–H and O–H groups in total. The van der Waals surface area contributed by atoms with E-state index in [-0.39, 0.29) is 17.4 Å². The smallest absolute Gasteiger partial charge is 0.225 e. The largest absolute Gasteiger partial charge is 0.356 e. The van der Waals surface area contributed by atoms with Crippen LogP contribution in [0.4, 0.5) is 0 Å². The Balaban J connectivity index is 2.24. The summed E-state index contributed by atoms with van der Waals surface area (Å²) in [5.41, 5.74) is 0.210. The third-order valence-corrected chi connectivity index (χ3v) is 2.75. The number of rotatable bonds is 3. The van der Waals surface area contributed by atoms with E-state index < -0.39 is 0 Å². The number of hydrogen-bond donors (Lipinski definition) is 1. The van der Waals surface area contributed by atoms with Crippen molar-refractivity contribution >= 4 is 5.91 Å². The number of nitrogens with one attached hydrogen (secondary N) is 1. The molecule has 0 atom stereocenters. The number of likely N-dealkylation sites (tertiary alicyclic amines) is 1. The Morgan fingerprint density at radius 1 is 1.43 bits per heavy atom. The summed E-state index contributed by atoms with van der Waals surface area (Å²) in [5.74, 6) is 0.452. The molecule has 1 aliphatic rings. The standard InChI is InChI=1S/C11H22N2O/c1-5-6-12-10(14)9-7-13(8-9)11(2,3)4/h9H,5-8H2,1-4H3,(H,12,14). The van der Waals surface area contributed by atoms with Crippen molar-refractivity contribution in [2.24, 2.45) is 5.92 Å². The number of amides is 1. The van der Waals surface area contributed by atoms with Gasteiger partial charge in [0.1, 0.15) is 0 Å². The Bertz CT molecular complexity index is 202. The molecule has 0 aromatic rings. The van der Waals surface area contributed by atoms with E-state index in [1.54, 1.807) is 0 Å². The second kappa shape index (κ2) is 4.30. The zero-order valence-electron chi connectivity index (χ0n) is 9.76. The van der Waals surface area contributed by atoms with Gasteiger partial charge in [0.15, 0.2) is 0 Å². The molecule has 0 unspecified atom stereocenters. The first-order chi connectivity index (χ1) is 6.45. The molecule has 0 saturated carbocycles. The molecule has 0 spiro atoms. The van der Waals surface area contributed by atoms with Crippen LogP contribution < -0.4 is 5.32 Å². The van der Waals surface area contributed by atoms with Gasteiger partial charge in [-0.15, -0.1) is 0 Å². The second-order valence-corrected chi connectivity index (χ2v) is 5.06. The Morgan fingerprint density at radius 2 is 2.00 bits per heavy atom. The molecular formula is C11H22N2O. The van der Waals surface area contributed by atoms with Gasteiger partial charge in [0, 0.05) is 25.2 Å². The van der Waals surface area contributed by atoms with Crippen molar-refractivity contribution in [3.8, 4) is 0 Å². The summed E-state index contributed by atoms with van der Waals surface area (Å²) in [7, 11) is 0. The van der Waals surface area contributed by atoms with E-state index in [4.69, 9.17) is 0 Å². The molecule has 0 aromatic heterocycles. The molecule has 1 fully saturated rings. The maximum atomic E-state index is 11.5. The lowest BCUT2D eigenvalue weighted by Crippen LogP contribution is -2.60. The topological polar surface area (TPSA) is 32.3 Å². The summed E-state index contributed by atoms with van der Waals surface area (Å²) in [6, 6.07) is 0. The molecular weight excluding hydrogens is 176 g/mol. The molecule has 82 valence electrons. The fraction of sp³-hybridized carbons (Fsp3) is 0.909. The molecule has 14 heavy (non-hydrogen) atoms. The second-order valence-electron chi connectivity index (χ2n) is 5.06. The molecule has 3 heteroatoms. The predicted octanol–water partition coefficient (Wildman–Crippen LogP) is 1.24. The Morgan fingerprint density at radius 3 is 2.43 bits per heavy atom. The van der Waals surface area contributed by atoms with E-state index >= 15 is 0 Å². The van der Waals surface area contributed by atoms with Crippen molar-refractivity contribution in [3.63, 3.8) is 0 Å². The molecule has 1 heterocycles. The lowest BCUT2D eigenvalue weighted by molar-refractivity contribution is -0.132. The third-order valence-electron chi connectivity index (χ3n) is 2.75. The summed E-state index contributed by atoms with van der Waals surface area (Å²) < 4.78 is 0. The van der Waals surface area contributed by atoms with Gasteiger partial charge in [0.25, 0.3) is 0 Å². The van der Waals surface area contributed by atoms with Gasteiger partial charge in [-0.05, 0) is 27.2 Å². The SMILES string of the molecule is CCCNC(=O)C1CN(C(C)(C)C)C1. The third kappa shape index (κ3) is 2.71. The van der Waals surface area contributed by atoms with Crippen LogP contribution in [0.2, 0.25) is 0 Å². The maximum absolute atomic E-state index is 11.5. The Labute approximate surface area is 86.9 Å². The zero-order chi connectivity index (χ0) is 10.8. The van der Waals surface area contributed by atoms with Crippen LogP contribution in [0.15, 0.2) is 0 Å². The normalized spacial score (nSPS) is 19.1. The highest BCUT2D eigenvalue weighted by Gasteiger charge is 2.37. The first-order valence-corrected chi connectivity index (χ1v) is 5.48. The molecule has 1 saturated heterocycles. The number of carbonyl (C=O) groups is 1. The van der Waals surface area contributed by atoms with Crippen LogP contribution in [-0.2, 0) is 4.79 Å². The quantitative estimate of drug-likeness (QED) is 0.740. The first-order valence-electron chi connectivity index (χ1n) is 5.48. The Hall–Kier alpha value is -0.570. The van der Waals surface area contributed by atoms with Crippen LogP contribution in [-0.4, -0.2) is 36.0 Å². The first kappa shape index (κ1) is 11.5. The lowest BCUT2D eigenvalue weighted by atomic mass is 9.92. The van der Waals surface area contributed by atoms with Crippen molar-refractivity contribution in [1.82, 2.24) is 10.2 Å². The molecule has 1 aliphatic heterocycles. The van der Waals surface area contributed by atoms with Crippen LogP contribution >= 0.6 is 0 Å². The van der Waals surface area contributed by atoms with Crippen molar-refractivity contribution < 1.29 is 4.79 Å². The van der Waals surface area contributed by atoms with Crippen LogP contribution in [0, 0.1) is 5.92 Å². The number of hydrogen-bond acceptors (Lipinski definition) is 2. The van der Waals surface area contributed by atoms with Gasteiger partial charge in [-0.1, -0.05) is 6.92 Å². The van der Waals surface area contributed by atoms with Gasteiger partial charge in [-0.25, -0.2) is 0 Å². The summed E-state index contributed by atoms with van der Waals surface area (Å²) >= 11 is 0. The average molecular weight is 198 g/mol. The molecule has 1 rings (SSSR count). The monoisotopic (exact) mass is 198 g/mol. The zero-order valence-corrected chi connectivity index (χ0v) is 9.76. The molecule has 0 aliphatic carbocycles.